The fourth-order valence-electron chi connectivity index (χ4n) is 1.57. The summed E-state index contributed by atoms with van der Waals surface area (Å²) in [5.74, 6) is -0.284. The van der Waals surface area contributed by atoms with Crippen molar-refractivity contribution in [1.29, 1.82) is 0 Å². The highest BCUT2D eigenvalue weighted by atomic mass is 16.6. The van der Waals surface area contributed by atoms with E-state index < -0.39 is 12.2 Å². The molecule has 1 aliphatic rings. The molecule has 1 heterocycles. The molecule has 0 aliphatic carbocycles. The summed E-state index contributed by atoms with van der Waals surface area (Å²) in [5.41, 5.74) is 0.715. The van der Waals surface area contributed by atoms with Crippen molar-refractivity contribution in [2.24, 2.45) is 0 Å². The molecule has 0 saturated carbocycles. The van der Waals surface area contributed by atoms with Gasteiger partial charge in [0.15, 0.2) is 0 Å². The van der Waals surface area contributed by atoms with Crippen LogP contribution in [0.4, 0.5) is 4.79 Å². The standard InChI is InChI=1S/C11H11NO3/c1-2-12-10(13)9(15-11(12)14)8-6-4-3-5-7-8/h3-7,9H,2H2,1H3. The van der Waals surface area contributed by atoms with E-state index >= 15 is 0 Å². The summed E-state index contributed by atoms with van der Waals surface area (Å²) in [5, 5.41) is 0. The van der Waals surface area contributed by atoms with E-state index in [1.165, 1.54) is 0 Å². The molecule has 0 spiro atoms. The number of rotatable bonds is 2. The van der Waals surface area contributed by atoms with Gasteiger partial charge in [0.25, 0.3) is 5.91 Å². The van der Waals surface area contributed by atoms with Crippen molar-refractivity contribution in [3.05, 3.63) is 35.9 Å². The van der Waals surface area contributed by atoms with Crippen LogP contribution in [0.3, 0.4) is 0 Å². The molecule has 1 unspecified atom stereocenters. The number of likely N-dealkylation sites (N-methyl/N-ethyl adjacent to an activating group) is 1. The van der Waals surface area contributed by atoms with Crippen molar-refractivity contribution in [2.45, 2.75) is 13.0 Å². The van der Waals surface area contributed by atoms with E-state index in [1.54, 1.807) is 19.1 Å². The topological polar surface area (TPSA) is 46.6 Å². The van der Waals surface area contributed by atoms with Gasteiger partial charge in [-0.2, -0.15) is 0 Å². The van der Waals surface area contributed by atoms with Gasteiger partial charge >= 0.3 is 6.09 Å². The van der Waals surface area contributed by atoms with Crippen LogP contribution in [-0.2, 0) is 9.53 Å². The Morgan fingerprint density at radius 2 is 1.93 bits per heavy atom. The van der Waals surface area contributed by atoms with E-state index in [2.05, 4.69) is 0 Å². The number of carbonyl (C=O) groups is 2. The van der Waals surface area contributed by atoms with Gasteiger partial charge in [0.05, 0.1) is 0 Å². The highest BCUT2D eigenvalue weighted by Gasteiger charge is 2.40. The highest BCUT2D eigenvalue weighted by molar-refractivity contribution is 6.00. The van der Waals surface area contributed by atoms with Crippen molar-refractivity contribution in [3.63, 3.8) is 0 Å². The molecule has 15 heavy (non-hydrogen) atoms. The van der Waals surface area contributed by atoms with Crippen LogP contribution in [0.15, 0.2) is 30.3 Å². The fourth-order valence-corrected chi connectivity index (χ4v) is 1.57. The first kappa shape index (κ1) is 9.71. The number of benzene rings is 1. The van der Waals surface area contributed by atoms with Crippen LogP contribution in [0, 0.1) is 0 Å². The average Bonchev–Trinajstić information content (AvgIpc) is 2.55. The SMILES string of the molecule is CCN1C(=O)OC(c2ccccc2)C1=O. The quantitative estimate of drug-likeness (QED) is 0.738. The second-order valence-corrected chi connectivity index (χ2v) is 3.26. The van der Waals surface area contributed by atoms with Gasteiger partial charge in [-0.1, -0.05) is 30.3 Å². The van der Waals surface area contributed by atoms with E-state index in [1.807, 2.05) is 18.2 Å². The van der Waals surface area contributed by atoms with E-state index in [0.717, 1.165) is 4.90 Å². The van der Waals surface area contributed by atoms with E-state index in [-0.39, 0.29) is 5.91 Å². The number of amides is 2. The van der Waals surface area contributed by atoms with Crippen molar-refractivity contribution < 1.29 is 14.3 Å². The molecule has 0 bridgehead atoms. The minimum Gasteiger partial charge on any atom is -0.431 e. The van der Waals surface area contributed by atoms with E-state index in [9.17, 15) is 9.59 Å². The van der Waals surface area contributed by atoms with Gasteiger partial charge in [-0.25, -0.2) is 9.69 Å². The number of nitrogens with zero attached hydrogens (tertiary/aromatic N) is 1. The van der Waals surface area contributed by atoms with Crippen LogP contribution in [0.25, 0.3) is 0 Å². The average molecular weight is 205 g/mol. The Morgan fingerprint density at radius 3 is 2.47 bits per heavy atom. The first-order chi connectivity index (χ1) is 7.24. The second kappa shape index (κ2) is 3.73. The van der Waals surface area contributed by atoms with Gasteiger partial charge in [0, 0.05) is 12.1 Å². The number of imide groups is 1. The normalized spacial score (nSPS) is 20.6. The van der Waals surface area contributed by atoms with Gasteiger partial charge in [-0.05, 0) is 6.92 Å². The van der Waals surface area contributed by atoms with Crippen molar-refractivity contribution >= 4 is 12.0 Å². The van der Waals surface area contributed by atoms with Crippen molar-refractivity contribution in [2.75, 3.05) is 6.54 Å². The molecule has 1 saturated heterocycles. The van der Waals surface area contributed by atoms with Crippen LogP contribution in [0.1, 0.15) is 18.6 Å². The molecule has 2 rings (SSSR count). The minimum atomic E-state index is -0.765. The summed E-state index contributed by atoms with van der Waals surface area (Å²) in [7, 11) is 0. The van der Waals surface area contributed by atoms with Crippen molar-refractivity contribution in [3.8, 4) is 0 Å². The largest absolute Gasteiger partial charge is 0.431 e. The Kier molecular flexibility index (Phi) is 2.41. The molecule has 1 aromatic rings. The first-order valence-corrected chi connectivity index (χ1v) is 4.81. The summed E-state index contributed by atoms with van der Waals surface area (Å²) >= 11 is 0. The molecule has 1 fully saturated rings. The maximum Gasteiger partial charge on any atom is 0.417 e. The summed E-state index contributed by atoms with van der Waals surface area (Å²) < 4.78 is 5.00. The van der Waals surface area contributed by atoms with Crippen LogP contribution < -0.4 is 0 Å². The molecule has 1 atom stereocenters. The zero-order valence-electron chi connectivity index (χ0n) is 8.34. The van der Waals surface area contributed by atoms with Crippen molar-refractivity contribution in [1.82, 2.24) is 4.90 Å². The first-order valence-electron chi connectivity index (χ1n) is 4.81. The van der Waals surface area contributed by atoms with Crippen LogP contribution in [0.5, 0.6) is 0 Å². The zero-order valence-corrected chi connectivity index (χ0v) is 8.34. The Morgan fingerprint density at radius 1 is 1.27 bits per heavy atom. The van der Waals surface area contributed by atoms with Gasteiger partial charge < -0.3 is 4.74 Å². The van der Waals surface area contributed by atoms with Gasteiger partial charge in [0.1, 0.15) is 0 Å². The molecular formula is C11H11NO3. The lowest BCUT2D eigenvalue weighted by Crippen LogP contribution is -2.29. The number of ether oxygens (including phenoxy) is 1. The third kappa shape index (κ3) is 1.58. The molecule has 0 radical (unpaired) electrons. The molecule has 0 N–H and O–H groups in total. The van der Waals surface area contributed by atoms with Crippen LogP contribution in [0.2, 0.25) is 0 Å². The Balaban J connectivity index is 2.27. The maximum atomic E-state index is 11.7. The van der Waals surface area contributed by atoms with E-state index in [0.29, 0.717) is 12.1 Å². The minimum absolute atomic E-state index is 0.284. The third-order valence-electron chi connectivity index (χ3n) is 2.35. The summed E-state index contributed by atoms with van der Waals surface area (Å²) in [6, 6.07) is 9.02. The lowest BCUT2D eigenvalue weighted by atomic mass is 10.1. The summed E-state index contributed by atoms with van der Waals surface area (Å²) in [6.07, 6.45) is -1.32. The fraction of sp³-hybridized carbons (Fsp3) is 0.273. The zero-order chi connectivity index (χ0) is 10.8. The summed E-state index contributed by atoms with van der Waals surface area (Å²) in [4.78, 5) is 24.1. The van der Waals surface area contributed by atoms with Crippen LogP contribution >= 0.6 is 0 Å². The number of hydrogen-bond donors (Lipinski definition) is 0. The Bertz CT molecular complexity index is 388. The monoisotopic (exact) mass is 205 g/mol. The molecular weight excluding hydrogens is 194 g/mol. The molecule has 0 aromatic heterocycles. The number of carbonyl (C=O) groups excluding carboxylic acids is 2. The van der Waals surface area contributed by atoms with Crippen LogP contribution in [-0.4, -0.2) is 23.4 Å². The lowest BCUT2D eigenvalue weighted by Gasteiger charge is -2.07. The third-order valence-corrected chi connectivity index (χ3v) is 2.35. The van der Waals surface area contributed by atoms with E-state index in [4.69, 9.17) is 4.74 Å². The Hall–Kier alpha value is -1.84. The predicted molar refractivity (Wildman–Crippen MR) is 53.1 cm³/mol. The van der Waals surface area contributed by atoms with Gasteiger partial charge in [0.2, 0.25) is 6.10 Å². The lowest BCUT2D eigenvalue weighted by molar-refractivity contribution is -0.129. The molecule has 4 nitrogen and oxygen atoms in total. The number of cyclic esters (lactones) is 1. The Labute approximate surface area is 87.4 Å². The smallest absolute Gasteiger partial charge is 0.417 e. The maximum absolute atomic E-state index is 11.7. The molecule has 2 amide bonds. The molecule has 78 valence electrons. The predicted octanol–water partition coefficient (Wildman–Crippen LogP) is 1.73. The summed E-state index contributed by atoms with van der Waals surface area (Å²) in [6.45, 7) is 2.09. The van der Waals surface area contributed by atoms with Gasteiger partial charge in [-0.15, -0.1) is 0 Å². The van der Waals surface area contributed by atoms with Gasteiger partial charge in [-0.3, -0.25) is 4.79 Å². The molecule has 1 aliphatic heterocycles. The molecule has 4 heteroatoms. The molecule has 1 aromatic carbocycles. The second-order valence-electron chi connectivity index (χ2n) is 3.26. The number of hydrogen-bond acceptors (Lipinski definition) is 3. The highest BCUT2D eigenvalue weighted by Crippen LogP contribution is 2.26.